The Morgan fingerprint density at radius 1 is 1.32 bits per heavy atom. The maximum absolute atomic E-state index is 14.4. The number of allylic oxidation sites excluding steroid dienone is 3. The van der Waals surface area contributed by atoms with Crippen molar-refractivity contribution in [1.29, 1.82) is 0 Å². The van der Waals surface area contributed by atoms with Crippen molar-refractivity contribution in [2.45, 2.75) is 53.2 Å². The monoisotopic (exact) mass is 471 g/mol. The van der Waals surface area contributed by atoms with Crippen molar-refractivity contribution in [3.05, 3.63) is 65.3 Å². The number of carbonyl (C=O) groups excluding carboxylic acids is 1. The number of hydrogen-bond donors (Lipinski definition) is 1. The Labute approximate surface area is 199 Å². The molecular formula is C27H31F2NO4. The van der Waals surface area contributed by atoms with Crippen LogP contribution in [-0.4, -0.2) is 40.6 Å². The molecule has 182 valence electrons. The lowest BCUT2D eigenvalue weighted by molar-refractivity contribution is -0.142. The summed E-state index contributed by atoms with van der Waals surface area (Å²) in [4.78, 5) is 25.5. The van der Waals surface area contributed by atoms with E-state index < -0.39 is 12.1 Å². The summed E-state index contributed by atoms with van der Waals surface area (Å²) >= 11 is 0. The maximum atomic E-state index is 14.4. The highest BCUT2D eigenvalue weighted by atomic mass is 19.3. The fourth-order valence-corrected chi connectivity index (χ4v) is 4.79. The number of piperidine rings is 1. The third-order valence-corrected chi connectivity index (χ3v) is 6.41. The number of likely N-dealkylation sites (N-methyl/N-ethyl adjacent to an activating group) is 1. The second-order valence-corrected chi connectivity index (χ2v) is 9.38. The van der Waals surface area contributed by atoms with Gasteiger partial charge in [-0.05, 0) is 61.1 Å². The van der Waals surface area contributed by atoms with Crippen molar-refractivity contribution >= 4 is 23.5 Å². The summed E-state index contributed by atoms with van der Waals surface area (Å²) in [5.74, 6) is -1.04. The molecule has 1 N–H and O–H groups in total. The van der Waals surface area contributed by atoms with Gasteiger partial charge in [0, 0.05) is 36.6 Å². The molecule has 1 aromatic rings. The molecule has 1 amide bonds. The SMILES string of the molecule is C/C=C/C(F)(F)Oc1ccc(/C=C/C(=O)O)cc1C1=CC2C(C=C1C)N(CC)C(=O)CC2(C)C. The van der Waals surface area contributed by atoms with Crippen LogP contribution >= 0.6 is 0 Å². The molecule has 0 spiro atoms. The molecule has 0 bridgehead atoms. The minimum atomic E-state index is -3.51. The van der Waals surface area contributed by atoms with Gasteiger partial charge >= 0.3 is 12.1 Å². The number of likely N-dealkylation sites (tertiary alicyclic amines) is 1. The van der Waals surface area contributed by atoms with Gasteiger partial charge in [-0.2, -0.15) is 8.78 Å². The molecule has 2 aliphatic rings. The van der Waals surface area contributed by atoms with Crippen LogP contribution in [0.25, 0.3) is 11.6 Å². The van der Waals surface area contributed by atoms with Crippen molar-refractivity contribution in [3.63, 3.8) is 0 Å². The number of carbonyl (C=O) groups is 2. The van der Waals surface area contributed by atoms with Crippen LogP contribution in [0.1, 0.15) is 52.2 Å². The molecule has 1 aliphatic carbocycles. The highest BCUT2D eigenvalue weighted by molar-refractivity contribution is 5.88. The lowest BCUT2D eigenvalue weighted by Gasteiger charge is -2.49. The zero-order chi connectivity index (χ0) is 25.3. The lowest BCUT2D eigenvalue weighted by Crippen LogP contribution is -2.54. The van der Waals surface area contributed by atoms with Crippen LogP contribution in [0, 0.1) is 11.3 Å². The van der Waals surface area contributed by atoms with E-state index in [0.29, 0.717) is 30.2 Å². The van der Waals surface area contributed by atoms with Crippen LogP contribution in [0.5, 0.6) is 5.75 Å². The first-order valence-corrected chi connectivity index (χ1v) is 11.3. The molecule has 34 heavy (non-hydrogen) atoms. The third kappa shape index (κ3) is 5.29. The number of rotatable bonds is 7. The Morgan fingerprint density at radius 2 is 2.03 bits per heavy atom. The van der Waals surface area contributed by atoms with Crippen molar-refractivity contribution in [2.75, 3.05) is 6.54 Å². The van der Waals surface area contributed by atoms with E-state index in [0.717, 1.165) is 17.2 Å². The summed E-state index contributed by atoms with van der Waals surface area (Å²) < 4.78 is 33.8. The molecule has 2 atom stereocenters. The smallest absolute Gasteiger partial charge is 0.419 e. The number of halogens is 2. The predicted octanol–water partition coefficient (Wildman–Crippen LogP) is 5.94. The van der Waals surface area contributed by atoms with E-state index in [1.165, 1.54) is 31.2 Å². The molecule has 1 heterocycles. The van der Waals surface area contributed by atoms with Crippen LogP contribution in [0.3, 0.4) is 0 Å². The largest absolute Gasteiger partial charge is 0.478 e. The molecule has 1 aromatic carbocycles. The molecule has 1 saturated heterocycles. The van der Waals surface area contributed by atoms with E-state index in [-0.39, 0.29) is 29.0 Å². The lowest BCUT2D eigenvalue weighted by atomic mass is 9.65. The standard InChI is InChI=1S/C27H31F2NO4/c1-6-12-27(28,29)34-23-10-8-18(9-11-25(32)33)14-20(23)19-15-21-22(13-17(19)3)30(7-2)24(31)16-26(21,4)5/h6,8-15,21-22H,7,16H2,1-5H3,(H,32,33)/b11-9+,12-6+. The second-order valence-electron chi connectivity index (χ2n) is 9.38. The Morgan fingerprint density at radius 3 is 2.65 bits per heavy atom. The number of carboxylic acid groups (broad SMARTS) is 1. The predicted molar refractivity (Wildman–Crippen MR) is 128 cm³/mol. The number of nitrogens with zero attached hydrogens (tertiary/aromatic N) is 1. The van der Waals surface area contributed by atoms with Gasteiger partial charge in [0.25, 0.3) is 0 Å². The number of alkyl halides is 2. The van der Waals surface area contributed by atoms with E-state index in [1.807, 2.05) is 38.7 Å². The Kier molecular flexibility index (Phi) is 7.15. The highest BCUT2D eigenvalue weighted by Crippen LogP contribution is 2.48. The van der Waals surface area contributed by atoms with Crippen molar-refractivity contribution in [1.82, 2.24) is 4.90 Å². The maximum Gasteiger partial charge on any atom is 0.419 e. The van der Waals surface area contributed by atoms with E-state index >= 15 is 0 Å². The van der Waals surface area contributed by atoms with Crippen LogP contribution in [-0.2, 0) is 9.59 Å². The van der Waals surface area contributed by atoms with Gasteiger partial charge in [0.05, 0.1) is 6.04 Å². The molecule has 3 rings (SSSR count). The minimum absolute atomic E-state index is 0.00920. The van der Waals surface area contributed by atoms with Crippen LogP contribution in [0.4, 0.5) is 8.78 Å². The topological polar surface area (TPSA) is 66.8 Å². The summed E-state index contributed by atoms with van der Waals surface area (Å²) in [6.45, 7) is 9.99. The third-order valence-electron chi connectivity index (χ3n) is 6.41. The van der Waals surface area contributed by atoms with Gasteiger partial charge in [0.1, 0.15) is 5.75 Å². The molecule has 2 unspecified atom stereocenters. The first-order valence-electron chi connectivity index (χ1n) is 11.3. The van der Waals surface area contributed by atoms with Gasteiger partial charge in [-0.15, -0.1) is 0 Å². The first kappa shape index (κ1) is 25.4. The molecular weight excluding hydrogens is 440 g/mol. The summed E-state index contributed by atoms with van der Waals surface area (Å²) in [5, 5.41) is 8.99. The molecule has 0 aromatic heterocycles. The molecule has 0 radical (unpaired) electrons. The Hall–Kier alpha value is -3.22. The van der Waals surface area contributed by atoms with Crippen LogP contribution < -0.4 is 4.74 Å². The van der Waals surface area contributed by atoms with E-state index in [1.54, 1.807) is 6.07 Å². The van der Waals surface area contributed by atoms with Crippen molar-refractivity contribution in [3.8, 4) is 5.75 Å². The van der Waals surface area contributed by atoms with Gasteiger partial charge in [0.2, 0.25) is 5.91 Å². The minimum Gasteiger partial charge on any atom is -0.478 e. The Balaban J connectivity index is 2.15. The number of amides is 1. The van der Waals surface area contributed by atoms with Crippen molar-refractivity contribution < 1.29 is 28.2 Å². The number of ether oxygens (including phenoxy) is 1. The van der Waals surface area contributed by atoms with Crippen LogP contribution in [0.15, 0.2) is 54.2 Å². The summed E-state index contributed by atoms with van der Waals surface area (Å²) in [6.07, 6.45) is 5.27. The number of hydrogen-bond acceptors (Lipinski definition) is 3. The molecule has 1 aliphatic heterocycles. The number of benzene rings is 1. The number of carboxylic acids is 1. The average Bonchev–Trinajstić information content (AvgIpc) is 2.72. The van der Waals surface area contributed by atoms with Gasteiger partial charge in [-0.3, -0.25) is 4.79 Å². The molecule has 0 saturated carbocycles. The summed E-state index contributed by atoms with van der Waals surface area (Å²) in [6, 6.07) is 4.51. The molecule has 1 fully saturated rings. The number of fused-ring (bicyclic) bond motifs is 1. The zero-order valence-corrected chi connectivity index (χ0v) is 20.1. The summed E-state index contributed by atoms with van der Waals surface area (Å²) in [7, 11) is 0. The Bertz CT molecular complexity index is 1100. The first-order chi connectivity index (χ1) is 15.9. The average molecular weight is 472 g/mol. The quantitative estimate of drug-likeness (QED) is 0.395. The van der Waals surface area contributed by atoms with E-state index in [4.69, 9.17) is 9.84 Å². The van der Waals surface area contributed by atoms with E-state index in [9.17, 15) is 18.4 Å². The van der Waals surface area contributed by atoms with Gasteiger partial charge in [-0.1, -0.05) is 38.1 Å². The fourth-order valence-electron chi connectivity index (χ4n) is 4.79. The van der Waals surface area contributed by atoms with Gasteiger partial charge in [-0.25, -0.2) is 4.79 Å². The fraction of sp³-hybridized carbons (Fsp3) is 0.407. The second kappa shape index (κ2) is 9.57. The van der Waals surface area contributed by atoms with Gasteiger partial charge in [0.15, 0.2) is 0 Å². The van der Waals surface area contributed by atoms with Crippen LogP contribution in [0.2, 0.25) is 0 Å². The highest BCUT2D eigenvalue weighted by Gasteiger charge is 2.46. The molecule has 7 heteroatoms. The van der Waals surface area contributed by atoms with Gasteiger partial charge < -0.3 is 14.7 Å². The van der Waals surface area contributed by atoms with Crippen molar-refractivity contribution in [2.24, 2.45) is 11.3 Å². The zero-order valence-electron chi connectivity index (χ0n) is 20.1. The molecule has 5 nitrogen and oxygen atoms in total. The van der Waals surface area contributed by atoms with E-state index in [2.05, 4.69) is 6.08 Å². The summed E-state index contributed by atoms with van der Waals surface area (Å²) in [5.41, 5.74) is 2.23. The number of aliphatic carboxylic acids is 1. The normalized spacial score (nSPS) is 22.6.